The zero-order valence-electron chi connectivity index (χ0n) is 12.5. The van der Waals surface area contributed by atoms with Gasteiger partial charge in [-0.15, -0.1) is 21.5 Å². The molecule has 3 heterocycles. The van der Waals surface area contributed by atoms with Crippen LogP contribution in [0.3, 0.4) is 0 Å². The molecule has 1 unspecified atom stereocenters. The van der Waals surface area contributed by atoms with E-state index >= 15 is 0 Å². The molecule has 0 saturated heterocycles. The molecule has 2 aromatic rings. The Kier molecular flexibility index (Phi) is 3.75. The first kappa shape index (κ1) is 14.2. The minimum Gasteiger partial charge on any atom is -0.347 e. The number of amides is 1. The second kappa shape index (κ2) is 5.55. The van der Waals surface area contributed by atoms with Crippen LogP contribution in [0.2, 0.25) is 0 Å². The van der Waals surface area contributed by atoms with Crippen molar-refractivity contribution in [3.05, 3.63) is 27.7 Å². The molecule has 2 aromatic heterocycles. The maximum atomic E-state index is 12.3. The van der Waals surface area contributed by atoms with Crippen LogP contribution in [0.25, 0.3) is 0 Å². The normalized spacial score (nSPS) is 17.8. The van der Waals surface area contributed by atoms with Gasteiger partial charge in [-0.05, 0) is 13.3 Å². The van der Waals surface area contributed by atoms with Crippen molar-refractivity contribution >= 4 is 17.2 Å². The summed E-state index contributed by atoms with van der Waals surface area (Å²) in [5, 5.41) is 11.6. The van der Waals surface area contributed by atoms with Crippen LogP contribution in [0.15, 0.2) is 5.51 Å². The molecule has 0 radical (unpaired) electrons. The summed E-state index contributed by atoms with van der Waals surface area (Å²) in [6.45, 7) is 6.83. The lowest BCUT2D eigenvalue weighted by molar-refractivity contribution is 0.0930. The number of nitrogens with zero attached hydrogens (tertiary/aromatic N) is 4. The fourth-order valence-corrected chi connectivity index (χ4v) is 3.37. The summed E-state index contributed by atoms with van der Waals surface area (Å²) in [5.74, 6) is 2.34. The van der Waals surface area contributed by atoms with Crippen molar-refractivity contribution in [1.29, 1.82) is 0 Å². The highest BCUT2D eigenvalue weighted by atomic mass is 32.1. The molecule has 0 bridgehead atoms. The Labute approximate surface area is 127 Å². The minimum absolute atomic E-state index is 0.0254. The van der Waals surface area contributed by atoms with Crippen LogP contribution < -0.4 is 5.32 Å². The van der Waals surface area contributed by atoms with Gasteiger partial charge in [0.15, 0.2) is 0 Å². The van der Waals surface area contributed by atoms with E-state index in [-0.39, 0.29) is 11.9 Å². The van der Waals surface area contributed by atoms with Crippen LogP contribution in [0.1, 0.15) is 53.2 Å². The van der Waals surface area contributed by atoms with Gasteiger partial charge in [0.05, 0.1) is 11.2 Å². The number of rotatable bonds is 3. The molecule has 6 nitrogen and oxygen atoms in total. The Hall–Kier alpha value is -1.76. The summed E-state index contributed by atoms with van der Waals surface area (Å²) in [4.78, 5) is 17.1. The fraction of sp³-hybridized carbons (Fsp3) is 0.571. The van der Waals surface area contributed by atoms with Gasteiger partial charge in [0, 0.05) is 24.9 Å². The summed E-state index contributed by atoms with van der Waals surface area (Å²) in [7, 11) is 0. The standard InChI is InChI=1S/C14H19N5OS/c1-8(2)13-18-17-11-5-4-10(6-19(11)13)16-14(20)12-9(3)15-7-21-12/h7-8,10H,4-6H2,1-3H3,(H,16,20). The Balaban J connectivity index is 1.73. The maximum Gasteiger partial charge on any atom is 0.263 e. The summed E-state index contributed by atoms with van der Waals surface area (Å²) >= 11 is 1.39. The van der Waals surface area contributed by atoms with Crippen LogP contribution in [0.5, 0.6) is 0 Å². The highest BCUT2D eigenvalue weighted by Gasteiger charge is 2.25. The second-order valence-corrected chi connectivity index (χ2v) is 6.57. The van der Waals surface area contributed by atoms with Gasteiger partial charge in [-0.2, -0.15) is 0 Å². The van der Waals surface area contributed by atoms with Crippen LogP contribution in [-0.4, -0.2) is 31.7 Å². The Bertz CT molecular complexity index is 660. The molecule has 112 valence electrons. The first-order valence-electron chi connectivity index (χ1n) is 7.19. The molecule has 1 atom stereocenters. The van der Waals surface area contributed by atoms with Crippen LogP contribution in [-0.2, 0) is 13.0 Å². The summed E-state index contributed by atoms with van der Waals surface area (Å²) < 4.78 is 2.15. The monoisotopic (exact) mass is 305 g/mol. The molecular weight excluding hydrogens is 286 g/mol. The predicted octanol–water partition coefficient (Wildman–Crippen LogP) is 1.91. The number of hydrogen-bond acceptors (Lipinski definition) is 5. The largest absolute Gasteiger partial charge is 0.347 e. The molecule has 0 saturated carbocycles. The zero-order valence-corrected chi connectivity index (χ0v) is 13.3. The van der Waals surface area contributed by atoms with Gasteiger partial charge in [0.1, 0.15) is 16.5 Å². The van der Waals surface area contributed by atoms with Crippen molar-refractivity contribution in [3.8, 4) is 0 Å². The molecular formula is C14H19N5OS. The first-order valence-corrected chi connectivity index (χ1v) is 8.07. The van der Waals surface area contributed by atoms with Gasteiger partial charge in [-0.25, -0.2) is 4.98 Å². The van der Waals surface area contributed by atoms with E-state index in [0.717, 1.165) is 36.7 Å². The van der Waals surface area contributed by atoms with Crippen molar-refractivity contribution in [3.63, 3.8) is 0 Å². The lowest BCUT2D eigenvalue weighted by atomic mass is 10.1. The maximum absolute atomic E-state index is 12.3. The Morgan fingerprint density at radius 2 is 2.29 bits per heavy atom. The number of hydrogen-bond donors (Lipinski definition) is 1. The van der Waals surface area contributed by atoms with E-state index in [1.807, 2.05) is 6.92 Å². The smallest absolute Gasteiger partial charge is 0.263 e. The van der Waals surface area contributed by atoms with Crippen LogP contribution >= 0.6 is 11.3 Å². The molecule has 21 heavy (non-hydrogen) atoms. The number of thiazole rings is 1. The number of carbonyl (C=O) groups excluding carboxylic acids is 1. The van der Waals surface area contributed by atoms with Crippen molar-refractivity contribution in [1.82, 2.24) is 25.1 Å². The predicted molar refractivity (Wildman–Crippen MR) is 80.5 cm³/mol. The minimum atomic E-state index is -0.0254. The van der Waals surface area contributed by atoms with Gasteiger partial charge < -0.3 is 9.88 Å². The number of nitrogens with one attached hydrogen (secondary N) is 1. The summed E-state index contributed by atoms with van der Waals surface area (Å²) in [6, 6.07) is 0.125. The Morgan fingerprint density at radius 1 is 1.48 bits per heavy atom. The molecule has 1 N–H and O–H groups in total. The molecule has 0 aromatic carbocycles. The molecule has 3 rings (SSSR count). The van der Waals surface area contributed by atoms with Crippen molar-refractivity contribution in [2.45, 2.75) is 52.1 Å². The molecule has 1 aliphatic rings. The Morgan fingerprint density at radius 3 is 2.95 bits per heavy atom. The van der Waals surface area contributed by atoms with Crippen molar-refractivity contribution < 1.29 is 4.79 Å². The number of carbonyl (C=O) groups is 1. The van der Waals surface area contributed by atoms with E-state index in [2.05, 4.69) is 38.9 Å². The number of aromatic nitrogens is 4. The van der Waals surface area contributed by atoms with E-state index in [0.29, 0.717) is 10.8 Å². The van der Waals surface area contributed by atoms with E-state index in [4.69, 9.17) is 0 Å². The average Bonchev–Trinajstić information content (AvgIpc) is 3.04. The average molecular weight is 305 g/mol. The molecule has 1 aliphatic heterocycles. The lowest BCUT2D eigenvalue weighted by Crippen LogP contribution is -2.41. The molecule has 0 spiro atoms. The van der Waals surface area contributed by atoms with Gasteiger partial charge in [-0.1, -0.05) is 13.8 Å². The van der Waals surface area contributed by atoms with E-state index in [1.54, 1.807) is 5.51 Å². The van der Waals surface area contributed by atoms with E-state index in [9.17, 15) is 4.79 Å². The molecule has 0 aliphatic carbocycles. The van der Waals surface area contributed by atoms with Crippen molar-refractivity contribution in [2.75, 3.05) is 0 Å². The third-order valence-corrected chi connectivity index (χ3v) is 4.71. The number of fused-ring (bicyclic) bond motifs is 1. The van der Waals surface area contributed by atoms with Crippen LogP contribution in [0, 0.1) is 6.92 Å². The van der Waals surface area contributed by atoms with Gasteiger partial charge in [0.25, 0.3) is 5.91 Å². The first-order chi connectivity index (χ1) is 10.1. The van der Waals surface area contributed by atoms with Gasteiger partial charge in [-0.3, -0.25) is 4.79 Å². The van der Waals surface area contributed by atoms with Gasteiger partial charge >= 0.3 is 0 Å². The highest BCUT2D eigenvalue weighted by Crippen LogP contribution is 2.21. The molecule has 0 fully saturated rings. The van der Waals surface area contributed by atoms with E-state index < -0.39 is 0 Å². The highest BCUT2D eigenvalue weighted by molar-refractivity contribution is 7.11. The van der Waals surface area contributed by atoms with Gasteiger partial charge in [0.2, 0.25) is 0 Å². The quantitative estimate of drug-likeness (QED) is 0.940. The third kappa shape index (κ3) is 2.70. The summed E-state index contributed by atoms with van der Waals surface area (Å²) in [5.41, 5.74) is 2.50. The number of aryl methyl sites for hydroxylation is 2. The van der Waals surface area contributed by atoms with Crippen molar-refractivity contribution in [2.24, 2.45) is 0 Å². The topological polar surface area (TPSA) is 72.7 Å². The fourth-order valence-electron chi connectivity index (χ4n) is 2.66. The van der Waals surface area contributed by atoms with Crippen LogP contribution in [0.4, 0.5) is 0 Å². The SMILES string of the molecule is Cc1ncsc1C(=O)NC1CCc2nnc(C(C)C)n2C1. The summed E-state index contributed by atoms with van der Waals surface area (Å²) in [6.07, 6.45) is 1.76. The zero-order chi connectivity index (χ0) is 15.0. The lowest BCUT2D eigenvalue weighted by Gasteiger charge is -2.25. The molecule has 7 heteroatoms. The molecule has 1 amide bonds. The third-order valence-electron chi connectivity index (χ3n) is 3.78. The van der Waals surface area contributed by atoms with E-state index in [1.165, 1.54) is 11.3 Å². The second-order valence-electron chi connectivity index (χ2n) is 5.72.